The highest BCUT2D eigenvalue weighted by Gasteiger charge is 2.34. The Labute approximate surface area is 94.4 Å². The van der Waals surface area contributed by atoms with E-state index in [9.17, 15) is 0 Å². The van der Waals surface area contributed by atoms with Crippen LogP contribution in [0.1, 0.15) is 45.4 Å². The van der Waals surface area contributed by atoms with Gasteiger partial charge in [0.05, 0.1) is 0 Å². The minimum absolute atomic E-state index is 0.621. The summed E-state index contributed by atoms with van der Waals surface area (Å²) in [7, 11) is 2.34. The number of rotatable bonds is 4. The lowest BCUT2D eigenvalue weighted by atomic mass is 9.75. The molecule has 0 aromatic rings. The smallest absolute Gasteiger partial charge is 0.00924 e. The molecule has 1 N–H and O–H groups in total. The fraction of sp³-hybridized carbons (Fsp3) is 1.00. The van der Waals surface area contributed by atoms with Crippen LogP contribution in [-0.2, 0) is 0 Å². The molecule has 2 nitrogen and oxygen atoms in total. The lowest BCUT2D eigenvalue weighted by Gasteiger charge is -2.44. The first kappa shape index (κ1) is 11.4. The van der Waals surface area contributed by atoms with Crippen molar-refractivity contribution >= 4 is 0 Å². The predicted octanol–water partition coefficient (Wildman–Crippen LogP) is 2.25. The van der Waals surface area contributed by atoms with Crippen molar-refractivity contribution in [1.29, 1.82) is 0 Å². The Morgan fingerprint density at radius 3 is 2.40 bits per heavy atom. The topological polar surface area (TPSA) is 15.3 Å². The second-order valence-corrected chi connectivity index (χ2v) is 5.60. The monoisotopic (exact) mass is 210 g/mol. The maximum absolute atomic E-state index is 3.49. The lowest BCUT2D eigenvalue weighted by Crippen LogP contribution is -2.47. The van der Waals surface area contributed by atoms with Crippen molar-refractivity contribution in [3.05, 3.63) is 0 Å². The van der Waals surface area contributed by atoms with Crippen LogP contribution in [0.25, 0.3) is 0 Å². The molecule has 0 radical (unpaired) electrons. The number of piperidine rings is 1. The molecule has 0 aromatic heterocycles. The fourth-order valence-corrected chi connectivity index (χ4v) is 3.07. The predicted molar refractivity (Wildman–Crippen MR) is 65.1 cm³/mol. The van der Waals surface area contributed by atoms with E-state index < -0.39 is 0 Å². The highest BCUT2D eigenvalue weighted by Crippen LogP contribution is 2.35. The molecule has 1 aliphatic heterocycles. The van der Waals surface area contributed by atoms with Crippen LogP contribution in [-0.4, -0.2) is 37.6 Å². The summed E-state index contributed by atoms with van der Waals surface area (Å²) >= 11 is 0. The van der Waals surface area contributed by atoms with Gasteiger partial charge in [-0.05, 0) is 57.7 Å². The molecule has 2 aliphatic rings. The maximum Gasteiger partial charge on any atom is 0.00924 e. The lowest BCUT2D eigenvalue weighted by molar-refractivity contribution is 0.0683. The standard InChI is InChI=1S/C13H26N2/c1-3-13(7-9-14-10-8-13)11-15(2)12-5-4-6-12/h12,14H,3-11H2,1-2H3. The second-order valence-electron chi connectivity index (χ2n) is 5.60. The highest BCUT2D eigenvalue weighted by atomic mass is 15.1. The summed E-state index contributed by atoms with van der Waals surface area (Å²) in [4.78, 5) is 2.64. The first-order chi connectivity index (χ1) is 7.26. The van der Waals surface area contributed by atoms with E-state index in [2.05, 4.69) is 24.2 Å². The molecule has 0 amide bonds. The molecule has 88 valence electrons. The Hall–Kier alpha value is -0.0800. The molecule has 2 rings (SSSR count). The van der Waals surface area contributed by atoms with Gasteiger partial charge >= 0.3 is 0 Å². The van der Waals surface area contributed by atoms with Gasteiger partial charge < -0.3 is 10.2 Å². The van der Waals surface area contributed by atoms with Crippen molar-refractivity contribution in [2.24, 2.45) is 5.41 Å². The van der Waals surface area contributed by atoms with Crippen molar-refractivity contribution in [3.63, 3.8) is 0 Å². The Bertz CT molecular complexity index is 193. The molecule has 0 spiro atoms. The van der Waals surface area contributed by atoms with Gasteiger partial charge in [0.15, 0.2) is 0 Å². The average Bonchev–Trinajstić information content (AvgIpc) is 2.16. The summed E-state index contributed by atoms with van der Waals surface area (Å²) in [5, 5.41) is 3.49. The van der Waals surface area contributed by atoms with Gasteiger partial charge in [0.25, 0.3) is 0 Å². The van der Waals surface area contributed by atoms with Crippen LogP contribution >= 0.6 is 0 Å². The van der Waals surface area contributed by atoms with E-state index >= 15 is 0 Å². The summed E-state index contributed by atoms with van der Waals surface area (Å²) < 4.78 is 0. The van der Waals surface area contributed by atoms with Crippen molar-refractivity contribution < 1.29 is 0 Å². The molecular formula is C13H26N2. The molecule has 0 atom stereocenters. The largest absolute Gasteiger partial charge is 0.317 e. The van der Waals surface area contributed by atoms with Gasteiger partial charge in [0.1, 0.15) is 0 Å². The van der Waals surface area contributed by atoms with Crippen molar-refractivity contribution in [1.82, 2.24) is 10.2 Å². The summed E-state index contributed by atoms with van der Waals surface area (Å²) in [6.07, 6.45) is 8.44. The van der Waals surface area contributed by atoms with E-state index in [4.69, 9.17) is 0 Å². The van der Waals surface area contributed by atoms with Gasteiger partial charge in [0.2, 0.25) is 0 Å². The van der Waals surface area contributed by atoms with E-state index in [0.717, 1.165) is 6.04 Å². The maximum atomic E-state index is 3.49. The summed E-state index contributed by atoms with van der Waals surface area (Å²) in [6, 6.07) is 0.906. The van der Waals surface area contributed by atoms with Gasteiger partial charge in [-0.15, -0.1) is 0 Å². The normalized spacial score (nSPS) is 26.6. The molecule has 0 bridgehead atoms. The fourth-order valence-electron chi connectivity index (χ4n) is 3.07. The third-order valence-corrected chi connectivity index (χ3v) is 4.70. The van der Waals surface area contributed by atoms with Crippen molar-refractivity contribution in [2.45, 2.75) is 51.5 Å². The molecule has 0 unspecified atom stereocenters. The molecule has 1 heterocycles. The van der Waals surface area contributed by atoms with Gasteiger partial charge in [-0.3, -0.25) is 0 Å². The first-order valence-electron chi connectivity index (χ1n) is 6.67. The van der Waals surface area contributed by atoms with Crippen LogP contribution in [0.4, 0.5) is 0 Å². The van der Waals surface area contributed by atoms with Crippen LogP contribution in [0, 0.1) is 5.41 Å². The van der Waals surface area contributed by atoms with Crippen LogP contribution < -0.4 is 5.32 Å². The summed E-state index contributed by atoms with van der Waals surface area (Å²) in [5.41, 5.74) is 0.621. The van der Waals surface area contributed by atoms with Gasteiger partial charge in [-0.25, -0.2) is 0 Å². The Balaban J connectivity index is 1.87. The molecular weight excluding hydrogens is 184 g/mol. The number of hydrogen-bond acceptors (Lipinski definition) is 2. The second kappa shape index (κ2) is 4.84. The van der Waals surface area contributed by atoms with E-state index in [1.165, 1.54) is 58.2 Å². The minimum atomic E-state index is 0.621. The average molecular weight is 210 g/mol. The summed E-state index contributed by atoms with van der Waals surface area (Å²) in [5.74, 6) is 0. The third-order valence-electron chi connectivity index (χ3n) is 4.70. The zero-order chi connectivity index (χ0) is 10.7. The van der Waals surface area contributed by atoms with E-state index in [0.29, 0.717) is 5.41 Å². The minimum Gasteiger partial charge on any atom is -0.317 e. The van der Waals surface area contributed by atoms with E-state index in [-0.39, 0.29) is 0 Å². The Kier molecular flexibility index (Phi) is 3.68. The molecule has 1 saturated carbocycles. The van der Waals surface area contributed by atoms with Crippen LogP contribution in [0.2, 0.25) is 0 Å². The SMILES string of the molecule is CCC1(CN(C)C2CCC2)CCNCC1. The number of nitrogens with one attached hydrogen (secondary N) is 1. The van der Waals surface area contributed by atoms with Gasteiger partial charge in [0, 0.05) is 12.6 Å². The molecule has 15 heavy (non-hydrogen) atoms. The van der Waals surface area contributed by atoms with Crippen molar-refractivity contribution in [2.75, 3.05) is 26.7 Å². The van der Waals surface area contributed by atoms with Crippen LogP contribution in [0.5, 0.6) is 0 Å². The number of hydrogen-bond donors (Lipinski definition) is 1. The molecule has 2 fully saturated rings. The van der Waals surface area contributed by atoms with Crippen LogP contribution in [0.3, 0.4) is 0 Å². The van der Waals surface area contributed by atoms with Crippen LogP contribution in [0.15, 0.2) is 0 Å². The molecule has 0 aromatic carbocycles. The Morgan fingerprint density at radius 1 is 1.27 bits per heavy atom. The number of nitrogens with zero attached hydrogens (tertiary/aromatic N) is 1. The van der Waals surface area contributed by atoms with E-state index in [1.54, 1.807) is 0 Å². The quantitative estimate of drug-likeness (QED) is 0.765. The molecule has 2 heteroatoms. The van der Waals surface area contributed by atoms with E-state index in [1.807, 2.05) is 0 Å². The first-order valence-corrected chi connectivity index (χ1v) is 6.67. The molecule has 1 aliphatic carbocycles. The third kappa shape index (κ3) is 2.54. The summed E-state index contributed by atoms with van der Waals surface area (Å²) in [6.45, 7) is 6.16. The zero-order valence-electron chi connectivity index (χ0n) is 10.4. The Morgan fingerprint density at radius 2 is 1.93 bits per heavy atom. The van der Waals surface area contributed by atoms with Gasteiger partial charge in [-0.2, -0.15) is 0 Å². The van der Waals surface area contributed by atoms with Gasteiger partial charge in [-0.1, -0.05) is 13.3 Å². The highest BCUT2D eigenvalue weighted by molar-refractivity contribution is 4.89. The zero-order valence-corrected chi connectivity index (χ0v) is 10.4. The molecule has 1 saturated heterocycles. The van der Waals surface area contributed by atoms with Crippen molar-refractivity contribution in [3.8, 4) is 0 Å².